The summed E-state index contributed by atoms with van der Waals surface area (Å²) in [5, 5.41) is 0. The van der Waals surface area contributed by atoms with E-state index in [4.69, 9.17) is 9.47 Å². The highest BCUT2D eigenvalue weighted by atomic mass is 19.2. The van der Waals surface area contributed by atoms with E-state index in [0.717, 1.165) is 18.1 Å². The molecule has 1 aliphatic heterocycles. The van der Waals surface area contributed by atoms with Crippen LogP contribution in [0.1, 0.15) is 63.7 Å². The molecule has 0 bridgehead atoms. The molecule has 1 saturated carbocycles. The van der Waals surface area contributed by atoms with Crippen LogP contribution < -0.4 is 0 Å². The third kappa shape index (κ3) is 4.56. The zero-order valence-electron chi connectivity index (χ0n) is 14.8. The van der Waals surface area contributed by atoms with E-state index < -0.39 is 23.7 Å². The van der Waals surface area contributed by atoms with Crippen molar-refractivity contribution in [1.29, 1.82) is 0 Å². The van der Waals surface area contributed by atoms with Crippen LogP contribution >= 0.6 is 0 Å². The van der Waals surface area contributed by atoms with Crippen LogP contribution in [0.25, 0.3) is 0 Å². The smallest absolute Gasteiger partial charge is 0.194 e. The molecule has 5 heteroatoms. The lowest BCUT2D eigenvalue weighted by molar-refractivity contribution is -0.215. The minimum Gasteiger partial charge on any atom is -0.348 e. The van der Waals surface area contributed by atoms with Crippen molar-refractivity contribution in [2.45, 2.75) is 58.2 Å². The average molecular weight is 356 g/mol. The van der Waals surface area contributed by atoms with E-state index in [-0.39, 0.29) is 5.56 Å². The Morgan fingerprint density at radius 2 is 1.52 bits per heavy atom. The van der Waals surface area contributed by atoms with E-state index in [1.165, 1.54) is 44.9 Å². The van der Waals surface area contributed by atoms with Gasteiger partial charge in [-0.05, 0) is 36.8 Å². The van der Waals surface area contributed by atoms with Gasteiger partial charge >= 0.3 is 0 Å². The van der Waals surface area contributed by atoms with Gasteiger partial charge in [-0.25, -0.2) is 13.2 Å². The van der Waals surface area contributed by atoms with Gasteiger partial charge in [0.15, 0.2) is 23.7 Å². The Balaban J connectivity index is 1.49. The second kappa shape index (κ2) is 8.54. The van der Waals surface area contributed by atoms with Gasteiger partial charge in [0, 0.05) is 11.5 Å². The highest BCUT2D eigenvalue weighted by Gasteiger charge is 2.32. The van der Waals surface area contributed by atoms with Crippen LogP contribution in [-0.4, -0.2) is 13.2 Å². The Hall–Kier alpha value is -1.07. The summed E-state index contributed by atoms with van der Waals surface area (Å²) in [4.78, 5) is 0. The third-order valence-corrected chi connectivity index (χ3v) is 5.73. The SMILES string of the molecule is CCCCC1CCC(C2COC(c3cc(F)c(F)c(F)c3)OC2)CC1. The van der Waals surface area contributed by atoms with Crippen LogP contribution in [0.5, 0.6) is 0 Å². The molecule has 1 aliphatic carbocycles. The lowest BCUT2D eigenvalue weighted by Crippen LogP contribution is -2.34. The predicted octanol–water partition coefficient (Wildman–Crippen LogP) is 5.76. The molecule has 140 valence electrons. The van der Waals surface area contributed by atoms with Gasteiger partial charge in [-0.15, -0.1) is 0 Å². The summed E-state index contributed by atoms with van der Waals surface area (Å²) in [6, 6.07) is 1.89. The van der Waals surface area contributed by atoms with Crippen LogP contribution in [0.4, 0.5) is 13.2 Å². The Bertz CT molecular complexity index is 539. The van der Waals surface area contributed by atoms with Crippen molar-refractivity contribution in [3.05, 3.63) is 35.1 Å². The maximum absolute atomic E-state index is 13.4. The third-order valence-electron chi connectivity index (χ3n) is 5.73. The number of unbranched alkanes of at least 4 members (excludes halogenated alkanes) is 1. The number of ether oxygens (including phenoxy) is 2. The number of hydrogen-bond acceptors (Lipinski definition) is 2. The molecule has 1 saturated heterocycles. The lowest BCUT2D eigenvalue weighted by Gasteiger charge is -2.38. The molecule has 0 aromatic heterocycles. The topological polar surface area (TPSA) is 18.5 Å². The predicted molar refractivity (Wildman–Crippen MR) is 89.4 cm³/mol. The Kier molecular flexibility index (Phi) is 6.39. The lowest BCUT2D eigenvalue weighted by atomic mass is 9.75. The van der Waals surface area contributed by atoms with Crippen molar-refractivity contribution in [1.82, 2.24) is 0 Å². The summed E-state index contributed by atoms with van der Waals surface area (Å²) in [5.74, 6) is -2.10. The van der Waals surface area contributed by atoms with E-state index in [9.17, 15) is 13.2 Å². The first-order chi connectivity index (χ1) is 12.1. The van der Waals surface area contributed by atoms with Gasteiger partial charge in [0.2, 0.25) is 0 Å². The van der Waals surface area contributed by atoms with Gasteiger partial charge in [0.05, 0.1) is 13.2 Å². The normalized spacial score (nSPS) is 30.4. The first kappa shape index (κ1) is 18.7. The molecular weight excluding hydrogens is 329 g/mol. The minimum absolute atomic E-state index is 0.193. The summed E-state index contributed by atoms with van der Waals surface area (Å²) in [7, 11) is 0. The highest BCUT2D eigenvalue weighted by Crippen LogP contribution is 2.38. The van der Waals surface area contributed by atoms with Crippen LogP contribution in [0.15, 0.2) is 12.1 Å². The molecule has 0 N–H and O–H groups in total. The number of hydrogen-bond donors (Lipinski definition) is 0. The second-order valence-corrected chi connectivity index (χ2v) is 7.48. The van der Waals surface area contributed by atoms with E-state index in [2.05, 4.69) is 6.92 Å². The van der Waals surface area contributed by atoms with E-state index in [1.807, 2.05) is 0 Å². The first-order valence-corrected chi connectivity index (χ1v) is 9.46. The Morgan fingerprint density at radius 1 is 0.920 bits per heavy atom. The fourth-order valence-electron chi connectivity index (χ4n) is 4.14. The molecule has 0 radical (unpaired) electrons. The molecule has 2 aliphatic rings. The molecule has 0 unspecified atom stereocenters. The number of halogens is 3. The largest absolute Gasteiger partial charge is 0.348 e. The Labute approximate surface area is 147 Å². The zero-order valence-corrected chi connectivity index (χ0v) is 14.8. The van der Waals surface area contributed by atoms with Gasteiger partial charge in [-0.3, -0.25) is 0 Å². The van der Waals surface area contributed by atoms with E-state index in [1.54, 1.807) is 0 Å². The molecule has 1 heterocycles. The molecule has 0 atom stereocenters. The van der Waals surface area contributed by atoms with Crippen molar-refractivity contribution in [3.8, 4) is 0 Å². The second-order valence-electron chi connectivity index (χ2n) is 7.48. The molecule has 0 amide bonds. The zero-order chi connectivity index (χ0) is 17.8. The maximum Gasteiger partial charge on any atom is 0.194 e. The molecular formula is C20H27F3O2. The standard InChI is InChI=1S/C20H27F3O2/c1-2-3-4-13-5-7-14(8-6-13)16-11-24-20(25-12-16)15-9-17(21)19(23)18(22)10-15/h9-10,13-14,16,20H,2-8,11-12H2,1H3. The summed E-state index contributed by atoms with van der Waals surface area (Å²) in [6.07, 6.45) is 8.06. The van der Waals surface area contributed by atoms with Crippen LogP contribution in [0, 0.1) is 35.2 Å². The first-order valence-electron chi connectivity index (χ1n) is 9.46. The minimum atomic E-state index is -1.46. The average Bonchev–Trinajstić information content (AvgIpc) is 2.64. The molecule has 3 rings (SSSR count). The molecule has 1 aromatic rings. The van der Waals surface area contributed by atoms with Gasteiger partial charge < -0.3 is 9.47 Å². The van der Waals surface area contributed by atoms with Gasteiger partial charge in [0.25, 0.3) is 0 Å². The van der Waals surface area contributed by atoms with Crippen molar-refractivity contribution in [2.75, 3.05) is 13.2 Å². The number of rotatable bonds is 5. The fourth-order valence-corrected chi connectivity index (χ4v) is 4.14. The van der Waals surface area contributed by atoms with Crippen molar-refractivity contribution < 1.29 is 22.6 Å². The van der Waals surface area contributed by atoms with Gasteiger partial charge in [0.1, 0.15) is 0 Å². The summed E-state index contributed by atoms with van der Waals surface area (Å²) in [6.45, 7) is 3.28. The summed E-state index contributed by atoms with van der Waals surface area (Å²) < 4.78 is 51.2. The van der Waals surface area contributed by atoms with Crippen LogP contribution in [-0.2, 0) is 9.47 Å². The van der Waals surface area contributed by atoms with Crippen molar-refractivity contribution in [2.24, 2.45) is 17.8 Å². The molecule has 1 aromatic carbocycles. The quantitative estimate of drug-likeness (QED) is 0.624. The molecule has 0 spiro atoms. The highest BCUT2D eigenvalue weighted by molar-refractivity contribution is 5.20. The summed E-state index contributed by atoms with van der Waals surface area (Å²) >= 11 is 0. The Morgan fingerprint density at radius 3 is 2.08 bits per heavy atom. The van der Waals surface area contributed by atoms with Crippen molar-refractivity contribution >= 4 is 0 Å². The van der Waals surface area contributed by atoms with E-state index >= 15 is 0 Å². The number of benzene rings is 1. The van der Waals surface area contributed by atoms with Crippen LogP contribution in [0.2, 0.25) is 0 Å². The molecule has 2 fully saturated rings. The van der Waals surface area contributed by atoms with Gasteiger partial charge in [-0.2, -0.15) is 0 Å². The maximum atomic E-state index is 13.4. The van der Waals surface area contributed by atoms with E-state index in [0.29, 0.717) is 25.0 Å². The molecule has 2 nitrogen and oxygen atoms in total. The monoisotopic (exact) mass is 356 g/mol. The fraction of sp³-hybridized carbons (Fsp3) is 0.700. The van der Waals surface area contributed by atoms with Gasteiger partial charge in [-0.1, -0.05) is 39.0 Å². The van der Waals surface area contributed by atoms with Crippen LogP contribution in [0.3, 0.4) is 0 Å². The molecule has 25 heavy (non-hydrogen) atoms. The summed E-state index contributed by atoms with van der Waals surface area (Å²) in [5.41, 5.74) is 0.193. The van der Waals surface area contributed by atoms with Crippen molar-refractivity contribution in [3.63, 3.8) is 0 Å².